The van der Waals surface area contributed by atoms with Crippen molar-refractivity contribution in [3.05, 3.63) is 82.2 Å². The summed E-state index contributed by atoms with van der Waals surface area (Å²) in [5.41, 5.74) is 10.3. The third kappa shape index (κ3) is 5.56. The summed E-state index contributed by atoms with van der Waals surface area (Å²) in [6.07, 6.45) is 3.33. The van der Waals surface area contributed by atoms with Gasteiger partial charge in [-0.05, 0) is 75.1 Å². The van der Waals surface area contributed by atoms with Crippen LogP contribution >= 0.6 is 0 Å². The van der Waals surface area contributed by atoms with Gasteiger partial charge in [0.25, 0.3) is 5.91 Å². The summed E-state index contributed by atoms with van der Waals surface area (Å²) < 4.78 is 28.1. The van der Waals surface area contributed by atoms with E-state index in [1.54, 1.807) is 18.3 Å². The molecule has 0 atom stereocenters. The Morgan fingerprint density at radius 3 is 2.41 bits per heavy atom. The van der Waals surface area contributed by atoms with Gasteiger partial charge < -0.3 is 4.57 Å². The van der Waals surface area contributed by atoms with Gasteiger partial charge in [-0.25, -0.2) is 13.8 Å². The third-order valence-corrected chi connectivity index (χ3v) is 7.07. The molecule has 0 fully saturated rings. The van der Waals surface area contributed by atoms with Gasteiger partial charge in [0.2, 0.25) is 10.0 Å². The zero-order valence-corrected chi connectivity index (χ0v) is 21.4. The average Bonchev–Trinajstić information content (AvgIpc) is 3.06. The van der Waals surface area contributed by atoms with Gasteiger partial charge in [-0.1, -0.05) is 31.2 Å². The number of sulfonamides is 1. The number of carbonyl (C=O) groups is 1. The van der Waals surface area contributed by atoms with Crippen molar-refractivity contribution in [3.8, 4) is 5.69 Å². The zero-order valence-electron chi connectivity index (χ0n) is 20.6. The van der Waals surface area contributed by atoms with E-state index in [-0.39, 0.29) is 6.54 Å². The minimum atomic E-state index is -3.65. The molecule has 8 heteroatoms. The molecule has 0 aliphatic heterocycles. The Hall–Kier alpha value is -3.39. The number of hydrogen-bond acceptors (Lipinski definition) is 4. The molecule has 2 aromatic carbocycles. The molecule has 0 saturated heterocycles. The molecule has 0 spiro atoms. The second-order valence-electron chi connectivity index (χ2n) is 8.48. The van der Waals surface area contributed by atoms with Crippen LogP contribution in [-0.2, 0) is 21.2 Å². The molecule has 3 aromatic rings. The van der Waals surface area contributed by atoms with Crippen molar-refractivity contribution in [1.82, 2.24) is 9.99 Å². The lowest BCUT2D eigenvalue weighted by atomic mass is 10.1. The molecular formula is C26H32N4O3S. The van der Waals surface area contributed by atoms with Gasteiger partial charge in [0.05, 0.1) is 18.2 Å². The number of aryl methyl sites for hydroxylation is 4. The maximum atomic E-state index is 12.6. The minimum absolute atomic E-state index is 0.352. The van der Waals surface area contributed by atoms with Crippen molar-refractivity contribution in [2.75, 3.05) is 17.1 Å². The number of para-hydroxylation sites is 1. The Kier molecular flexibility index (Phi) is 7.61. The van der Waals surface area contributed by atoms with Crippen molar-refractivity contribution < 1.29 is 13.2 Å². The molecule has 0 unspecified atom stereocenters. The van der Waals surface area contributed by atoms with E-state index in [9.17, 15) is 13.2 Å². The van der Waals surface area contributed by atoms with E-state index in [0.29, 0.717) is 12.1 Å². The van der Waals surface area contributed by atoms with Crippen LogP contribution in [0.1, 0.15) is 40.6 Å². The van der Waals surface area contributed by atoms with E-state index in [4.69, 9.17) is 0 Å². The fraction of sp³-hybridized carbons (Fsp3) is 0.308. The smallest absolute Gasteiger partial charge is 0.260 e. The minimum Gasteiger partial charge on any atom is -0.318 e. The maximum Gasteiger partial charge on any atom is 0.260 e. The van der Waals surface area contributed by atoms with Gasteiger partial charge >= 0.3 is 0 Å². The van der Waals surface area contributed by atoms with Crippen LogP contribution in [0.15, 0.2) is 53.6 Å². The van der Waals surface area contributed by atoms with Crippen LogP contribution in [0, 0.1) is 27.7 Å². The monoisotopic (exact) mass is 480 g/mol. The van der Waals surface area contributed by atoms with E-state index in [1.165, 1.54) is 11.1 Å². The predicted octanol–water partition coefficient (Wildman–Crippen LogP) is 4.19. The van der Waals surface area contributed by atoms with E-state index in [0.717, 1.165) is 38.8 Å². The molecule has 0 aliphatic rings. The first kappa shape index (κ1) is 25.2. The summed E-state index contributed by atoms with van der Waals surface area (Å²) in [5, 5.41) is 4.09. The summed E-state index contributed by atoms with van der Waals surface area (Å²) in [4.78, 5) is 12.6. The highest BCUT2D eigenvalue weighted by molar-refractivity contribution is 7.92. The maximum absolute atomic E-state index is 12.6. The fourth-order valence-corrected chi connectivity index (χ4v) is 4.84. The van der Waals surface area contributed by atoms with Gasteiger partial charge in [-0.15, -0.1) is 0 Å². The van der Waals surface area contributed by atoms with Crippen molar-refractivity contribution in [2.24, 2.45) is 5.10 Å². The van der Waals surface area contributed by atoms with Crippen molar-refractivity contribution in [3.63, 3.8) is 0 Å². The molecule has 1 N–H and O–H groups in total. The lowest BCUT2D eigenvalue weighted by Crippen LogP contribution is -2.39. The molecule has 1 aromatic heterocycles. The standard InChI is InChI=1S/C26H32N4O3S/c1-7-22-10-8-9-11-25(22)29(34(6,32)33)17-26(31)28-27-16-23-15-20(4)30(21(23)5)24-13-12-18(2)19(3)14-24/h8-16H,7,17H2,1-6H3,(H,28,31)/b27-16-. The Morgan fingerprint density at radius 1 is 1.06 bits per heavy atom. The van der Waals surface area contributed by atoms with Crippen LogP contribution in [0.5, 0.6) is 0 Å². The number of rotatable bonds is 8. The van der Waals surface area contributed by atoms with Crippen LogP contribution in [-0.4, -0.2) is 37.9 Å². The number of nitrogens with one attached hydrogen (secondary N) is 1. The molecular weight excluding hydrogens is 448 g/mol. The molecule has 0 radical (unpaired) electrons. The normalized spacial score (nSPS) is 11.7. The fourth-order valence-electron chi connectivity index (χ4n) is 3.95. The second-order valence-corrected chi connectivity index (χ2v) is 10.4. The van der Waals surface area contributed by atoms with E-state index in [2.05, 4.69) is 47.1 Å². The molecule has 7 nitrogen and oxygen atoms in total. The predicted molar refractivity (Wildman–Crippen MR) is 138 cm³/mol. The first-order valence-electron chi connectivity index (χ1n) is 11.2. The number of benzene rings is 2. The summed E-state index contributed by atoms with van der Waals surface area (Å²) in [7, 11) is -3.65. The van der Waals surface area contributed by atoms with Gasteiger partial charge in [-0.3, -0.25) is 9.10 Å². The first-order valence-corrected chi connectivity index (χ1v) is 13.0. The quantitative estimate of drug-likeness (QED) is 0.388. The molecule has 0 aliphatic carbocycles. The van der Waals surface area contributed by atoms with Crippen LogP contribution in [0.3, 0.4) is 0 Å². The van der Waals surface area contributed by atoms with E-state index < -0.39 is 15.9 Å². The number of hydrogen-bond donors (Lipinski definition) is 1. The van der Waals surface area contributed by atoms with Gasteiger partial charge in [-0.2, -0.15) is 5.10 Å². The SMILES string of the molecule is CCc1ccccc1N(CC(=O)N/N=C\c1cc(C)n(-c2ccc(C)c(C)c2)c1C)S(C)(=O)=O. The Labute approximate surface area is 202 Å². The van der Waals surface area contributed by atoms with Crippen LogP contribution in [0.2, 0.25) is 0 Å². The molecule has 3 rings (SSSR count). The number of hydrazone groups is 1. The van der Waals surface area contributed by atoms with E-state index in [1.807, 2.05) is 39.0 Å². The molecule has 180 valence electrons. The summed E-state index contributed by atoms with van der Waals surface area (Å²) >= 11 is 0. The van der Waals surface area contributed by atoms with Crippen molar-refractivity contribution in [1.29, 1.82) is 0 Å². The number of nitrogens with zero attached hydrogens (tertiary/aromatic N) is 3. The van der Waals surface area contributed by atoms with Crippen molar-refractivity contribution in [2.45, 2.75) is 41.0 Å². The Balaban J connectivity index is 1.77. The van der Waals surface area contributed by atoms with Crippen LogP contribution < -0.4 is 9.73 Å². The topological polar surface area (TPSA) is 83.8 Å². The highest BCUT2D eigenvalue weighted by Crippen LogP contribution is 2.24. The summed E-state index contributed by atoms with van der Waals surface area (Å²) in [6.45, 7) is 9.78. The van der Waals surface area contributed by atoms with Crippen LogP contribution in [0.4, 0.5) is 5.69 Å². The average molecular weight is 481 g/mol. The largest absolute Gasteiger partial charge is 0.318 e. The van der Waals surface area contributed by atoms with Gasteiger partial charge in [0.15, 0.2) is 0 Å². The first-order chi connectivity index (χ1) is 16.0. The molecule has 0 bridgehead atoms. The summed E-state index contributed by atoms with van der Waals surface area (Å²) in [6, 6.07) is 15.5. The molecule has 1 amide bonds. The molecule has 34 heavy (non-hydrogen) atoms. The summed E-state index contributed by atoms with van der Waals surface area (Å²) in [5.74, 6) is -0.518. The van der Waals surface area contributed by atoms with Gasteiger partial charge in [0.1, 0.15) is 6.54 Å². The zero-order chi connectivity index (χ0) is 25.0. The van der Waals surface area contributed by atoms with E-state index >= 15 is 0 Å². The number of anilines is 1. The van der Waals surface area contributed by atoms with Gasteiger partial charge in [0, 0.05) is 22.6 Å². The second kappa shape index (κ2) is 10.3. The Bertz CT molecular complexity index is 1340. The lowest BCUT2D eigenvalue weighted by Gasteiger charge is -2.23. The lowest BCUT2D eigenvalue weighted by molar-refractivity contribution is -0.119. The van der Waals surface area contributed by atoms with Crippen molar-refractivity contribution >= 4 is 27.8 Å². The molecule has 0 saturated carbocycles. The molecule has 1 heterocycles. The van der Waals surface area contributed by atoms with Crippen LogP contribution in [0.25, 0.3) is 5.69 Å². The number of aromatic nitrogens is 1. The Morgan fingerprint density at radius 2 is 1.76 bits per heavy atom. The number of amides is 1. The highest BCUT2D eigenvalue weighted by Gasteiger charge is 2.22. The number of carbonyl (C=O) groups excluding carboxylic acids is 1. The third-order valence-electron chi connectivity index (χ3n) is 5.94. The highest BCUT2D eigenvalue weighted by atomic mass is 32.2.